The van der Waals surface area contributed by atoms with Crippen LogP contribution in [0.4, 0.5) is 5.69 Å². The fraction of sp³-hybridized carbons (Fsp3) is 0.158. The number of hydrogen-bond acceptors (Lipinski definition) is 7. The van der Waals surface area contributed by atoms with E-state index in [1.165, 1.54) is 49.7 Å². The van der Waals surface area contributed by atoms with E-state index < -0.39 is 17.8 Å². The molecular weight excluding hydrogens is 366 g/mol. The van der Waals surface area contributed by atoms with Gasteiger partial charge in [0.25, 0.3) is 0 Å². The van der Waals surface area contributed by atoms with Crippen molar-refractivity contribution in [3.63, 3.8) is 0 Å². The van der Waals surface area contributed by atoms with E-state index in [9.17, 15) is 19.5 Å². The van der Waals surface area contributed by atoms with Gasteiger partial charge in [-0.2, -0.15) is 5.10 Å². The highest BCUT2D eigenvalue weighted by molar-refractivity contribution is 6.39. The summed E-state index contributed by atoms with van der Waals surface area (Å²) in [7, 11) is 1.26. The zero-order chi connectivity index (χ0) is 20.5. The van der Waals surface area contributed by atoms with Crippen LogP contribution in [0.15, 0.2) is 47.6 Å². The number of hydrazone groups is 1. The summed E-state index contributed by atoms with van der Waals surface area (Å²) in [6, 6.07) is 10.4. The Morgan fingerprint density at radius 1 is 1.11 bits per heavy atom. The van der Waals surface area contributed by atoms with Crippen LogP contribution in [0.3, 0.4) is 0 Å². The third-order valence-electron chi connectivity index (χ3n) is 3.43. The van der Waals surface area contributed by atoms with Crippen molar-refractivity contribution < 1.29 is 29.0 Å². The molecule has 0 saturated carbocycles. The van der Waals surface area contributed by atoms with Crippen LogP contribution in [0.1, 0.15) is 22.8 Å². The fourth-order valence-corrected chi connectivity index (χ4v) is 2.09. The number of nitrogens with one attached hydrogen (secondary N) is 2. The number of methoxy groups -OCH3 is 1. The van der Waals surface area contributed by atoms with Gasteiger partial charge in [0.15, 0.2) is 11.5 Å². The van der Waals surface area contributed by atoms with E-state index in [0.29, 0.717) is 23.4 Å². The summed E-state index contributed by atoms with van der Waals surface area (Å²) in [5.74, 6) is -2.14. The third-order valence-corrected chi connectivity index (χ3v) is 3.43. The molecule has 0 atom stereocenters. The molecule has 2 aromatic carbocycles. The molecule has 0 aliphatic heterocycles. The maximum absolute atomic E-state index is 11.9. The van der Waals surface area contributed by atoms with Crippen molar-refractivity contribution in [2.45, 2.75) is 6.92 Å². The molecule has 0 radical (unpaired) electrons. The van der Waals surface area contributed by atoms with Crippen LogP contribution in [-0.4, -0.2) is 42.8 Å². The Hall–Kier alpha value is -3.88. The Morgan fingerprint density at radius 3 is 2.46 bits per heavy atom. The molecule has 0 fully saturated rings. The third kappa shape index (κ3) is 5.56. The average Bonchev–Trinajstić information content (AvgIpc) is 2.70. The molecule has 2 amide bonds. The van der Waals surface area contributed by atoms with E-state index in [1.807, 2.05) is 0 Å². The monoisotopic (exact) mass is 385 g/mol. The summed E-state index contributed by atoms with van der Waals surface area (Å²) >= 11 is 0. The number of phenolic OH excluding ortho intramolecular Hbond substituents is 1. The van der Waals surface area contributed by atoms with Gasteiger partial charge < -0.3 is 19.9 Å². The van der Waals surface area contributed by atoms with Crippen molar-refractivity contribution in [3.8, 4) is 11.5 Å². The van der Waals surface area contributed by atoms with Gasteiger partial charge in [-0.1, -0.05) is 0 Å². The molecule has 0 unspecified atom stereocenters. The first kappa shape index (κ1) is 20.4. The number of nitrogens with zero attached hydrogens (tertiary/aromatic N) is 1. The summed E-state index contributed by atoms with van der Waals surface area (Å²) in [6.07, 6.45) is 1.30. The number of hydrogen-bond donors (Lipinski definition) is 3. The lowest BCUT2D eigenvalue weighted by atomic mass is 10.2. The lowest BCUT2D eigenvalue weighted by Crippen LogP contribution is -2.32. The average molecular weight is 385 g/mol. The molecule has 0 bridgehead atoms. The van der Waals surface area contributed by atoms with Crippen molar-refractivity contribution >= 4 is 29.7 Å². The van der Waals surface area contributed by atoms with E-state index in [0.717, 1.165) is 0 Å². The van der Waals surface area contributed by atoms with Crippen LogP contribution in [0.25, 0.3) is 0 Å². The summed E-state index contributed by atoms with van der Waals surface area (Å²) in [6.45, 7) is 2.16. The van der Waals surface area contributed by atoms with Crippen LogP contribution in [-0.2, 0) is 14.3 Å². The minimum atomic E-state index is -0.975. The number of anilines is 1. The molecule has 0 aliphatic rings. The molecule has 0 heterocycles. The number of carbonyl (C=O) groups excluding carboxylic acids is 3. The van der Waals surface area contributed by atoms with Gasteiger partial charge >= 0.3 is 17.8 Å². The Kier molecular flexibility index (Phi) is 7.09. The second-order valence-corrected chi connectivity index (χ2v) is 5.38. The first-order valence-electron chi connectivity index (χ1n) is 8.23. The summed E-state index contributed by atoms with van der Waals surface area (Å²) in [5, 5.41) is 15.7. The maximum Gasteiger partial charge on any atom is 0.337 e. The highest BCUT2D eigenvalue weighted by Gasteiger charge is 2.13. The number of aromatic hydroxyl groups is 1. The summed E-state index contributed by atoms with van der Waals surface area (Å²) in [5.41, 5.74) is 3.30. The summed E-state index contributed by atoms with van der Waals surface area (Å²) < 4.78 is 9.82. The zero-order valence-corrected chi connectivity index (χ0v) is 15.3. The van der Waals surface area contributed by atoms with E-state index in [-0.39, 0.29) is 11.5 Å². The van der Waals surface area contributed by atoms with Gasteiger partial charge in [-0.25, -0.2) is 10.2 Å². The molecule has 2 rings (SSSR count). The second-order valence-electron chi connectivity index (χ2n) is 5.38. The number of carbonyl (C=O) groups is 3. The Morgan fingerprint density at radius 2 is 1.82 bits per heavy atom. The number of amides is 2. The van der Waals surface area contributed by atoms with Gasteiger partial charge in [0.2, 0.25) is 0 Å². The van der Waals surface area contributed by atoms with Crippen LogP contribution >= 0.6 is 0 Å². The summed E-state index contributed by atoms with van der Waals surface area (Å²) in [4.78, 5) is 35.0. The first-order valence-corrected chi connectivity index (χ1v) is 8.23. The topological polar surface area (TPSA) is 126 Å². The van der Waals surface area contributed by atoms with Gasteiger partial charge in [-0.15, -0.1) is 0 Å². The molecule has 0 aliphatic carbocycles. The van der Waals surface area contributed by atoms with E-state index in [1.54, 1.807) is 13.0 Å². The number of phenols is 1. The van der Waals surface area contributed by atoms with Gasteiger partial charge in [0.05, 0.1) is 25.5 Å². The molecular formula is C19H19N3O6. The molecule has 28 heavy (non-hydrogen) atoms. The van der Waals surface area contributed by atoms with E-state index in [4.69, 9.17) is 4.74 Å². The van der Waals surface area contributed by atoms with Crippen molar-refractivity contribution in [2.24, 2.45) is 5.10 Å². The maximum atomic E-state index is 11.9. The molecule has 9 nitrogen and oxygen atoms in total. The lowest BCUT2D eigenvalue weighted by molar-refractivity contribution is -0.136. The zero-order valence-electron chi connectivity index (χ0n) is 15.3. The predicted octanol–water partition coefficient (Wildman–Crippen LogP) is 1.67. The molecule has 2 aromatic rings. The van der Waals surface area contributed by atoms with Crippen LogP contribution in [0.2, 0.25) is 0 Å². The Bertz CT molecular complexity index is 893. The molecule has 146 valence electrons. The van der Waals surface area contributed by atoms with Gasteiger partial charge in [-0.3, -0.25) is 9.59 Å². The van der Waals surface area contributed by atoms with Crippen LogP contribution in [0, 0.1) is 0 Å². The van der Waals surface area contributed by atoms with Crippen LogP contribution < -0.4 is 15.5 Å². The molecule has 0 saturated heterocycles. The minimum absolute atomic E-state index is 0.0133. The number of benzene rings is 2. The normalized spacial score (nSPS) is 10.4. The highest BCUT2D eigenvalue weighted by atomic mass is 16.5. The molecule has 0 aromatic heterocycles. The number of rotatable bonds is 6. The molecule has 9 heteroatoms. The first-order chi connectivity index (χ1) is 13.4. The largest absolute Gasteiger partial charge is 0.504 e. The van der Waals surface area contributed by atoms with E-state index in [2.05, 4.69) is 20.6 Å². The van der Waals surface area contributed by atoms with Crippen molar-refractivity contribution in [1.82, 2.24) is 5.43 Å². The molecule has 3 N–H and O–H groups in total. The minimum Gasteiger partial charge on any atom is -0.504 e. The Labute approximate surface area is 161 Å². The molecule has 0 spiro atoms. The van der Waals surface area contributed by atoms with Crippen molar-refractivity contribution in [1.29, 1.82) is 0 Å². The standard InChI is InChI=1S/C19H19N3O6/c1-3-28-16-10-12(4-9-15(16)23)11-20-22-18(25)17(24)21-14-7-5-13(6-8-14)19(26)27-2/h4-11,23H,3H2,1-2H3,(H,21,24)(H,22,25)/b20-11+. The smallest absolute Gasteiger partial charge is 0.337 e. The van der Waals surface area contributed by atoms with Crippen molar-refractivity contribution in [3.05, 3.63) is 53.6 Å². The number of ether oxygens (including phenoxy) is 2. The van der Waals surface area contributed by atoms with Gasteiger partial charge in [0, 0.05) is 5.69 Å². The SMILES string of the molecule is CCOc1cc(/C=N/NC(=O)C(=O)Nc2ccc(C(=O)OC)cc2)ccc1O. The van der Waals surface area contributed by atoms with Crippen LogP contribution in [0.5, 0.6) is 11.5 Å². The highest BCUT2D eigenvalue weighted by Crippen LogP contribution is 2.26. The van der Waals surface area contributed by atoms with Gasteiger partial charge in [0.1, 0.15) is 0 Å². The Balaban J connectivity index is 1.92. The predicted molar refractivity (Wildman–Crippen MR) is 101 cm³/mol. The fourth-order valence-electron chi connectivity index (χ4n) is 2.09. The van der Waals surface area contributed by atoms with E-state index >= 15 is 0 Å². The lowest BCUT2D eigenvalue weighted by Gasteiger charge is -2.06. The van der Waals surface area contributed by atoms with Gasteiger partial charge in [-0.05, 0) is 55.0 Å². The van der Waals surface area contributed by atoms with Crippen molar-refractivity contribution in [2.75, 3.05) is 19.0 Å². The number of esters is 1. The quantitative estimate of drug-likeness (QED) is 0.300. The second kappa shape index (κ2) is 9.72.